The van der Waals surface area contributed by atoms with Crippen molar-refractivity contribution in [2.45, 2.75) is 6.42 Å². The number of nitrogens with one attached hydrogen (secondary N) is 2. The summed E-state index contributed by atoms with van der Waals surface area (Å²) in [5, 5.41) is 6.61. The maximum atomic E-state index is 12.0. The molecular formula is C19H34IN5O2. The summed E-state index contributed by atoms with van der Waals surface area (Å²) in [6, 6.07) is 7.76. The van der Waals surface area contributed by atoms with Crippen molar-refractivity contribution < 1.29 is 9.53 Å². The van der Waals surface area contributed by atoms with Crippen molar-refractivity contribution in [3.8, 4) is 0 Å². The van der Waals surface area contributed by atoms with E-state index in [1.807, 2.05) is 24.3 Å². The molecule has 0 aliphatic rings. The maximum absolute atomic E-state index is 12.0. The van der Waals surface area contributed by atoms with Gasteiger partial charge >= 0.3 is 0 Å². The van der Waals surface area contributed by atoms with Crippen LogP contribution in [0.5, 0.6) is 0 Å². The number of carbonyl (C=O) groups excluding carboxylic acids is 1. The molecule has 1 amide bonds. The number of amides is 1. The van der Waals surface area contributed by atoms with Crippen LogP contribution in [0.4, 0.5) is 0 Å². The zero-order chi connectivity index (χ0) is 19.4. The highest BCUT2D eigenvalue weighted by Gasteiger charge is 2.08. The Morgan fingerprint density at radius 3 is 2.48 bits per heavy atom. The van der Waals surface area contributed by atoms with Gasteiger partial charge in [0.05, 0.1) is 6.61 Å². The van der Waals surface area contributed by atoms with Crippen LogP contribution >= 0.6 is 24.0 Å². The first kappa shape index (κ1) is 25.6. The van der Waals surface area contributed by atoms with Crippen LogP contribution in [-0.2, 0) is 11.2 Å². The van der Waals surface area contributed by atoms with Crippen LogP contribution in [0.15, 0.2) is 29.3 Å². The average molecular weight is 491 g/mol. The number of ether oxygens (including phenoxy) is 1. The van der Waals surface area contributed by atoms with E-state index in [1.165, 1.54) is 0 Å². The van der Waals surface area contributed by atoms with Crippen molar-refractivity contribution in [3.05, 3.63) is 35.4 Å². The maximum Gasteiger partial charge on any atom is 0.253 e. The van der Waals surface area contributed by atoms with Crippen molar-refractivity contribution in [1.82, 2.24) is 20.4 Å². The van der Waals surface area contributed by atoms with E-state index in [2.05, 4.69) is 27.6 Å². The predicted molar refractivity (Wildman–Crippen MR) is 122 cm³/mol. The second-order valence-corrected chi connectivity index (χ2v) is 6.37. The van der Waals surface area contributed by atoms with E-state index < -0.39 is 0 Å². The number of aliphatic imine (C=N–C) groups is 1. The van der Waals surface area contributed by atoms with Gasteiger partial charge in [0.25, 0.3) is 5.91 Å². The van der Waals surface area contributed by atoms with Gasteiger partial charge in [0, 0.05) is 60.0 Å². The molecule has 1 rings (SSSR count). The number of methoxy groups -OCH3 is 1. The summed E-state index contributed by atoms with van der Waals surface area (Å²) >= 11 is 0. The van der Waals surface area contributed by atoms with E-state index in [0.717, 1.165) is 50.7 Å². The summed E-state index contributed by atoms with van der Waals surface area (Å²) in [7, 11) is 9.07. The monoisotopic (exact) mass is 491 g/mol. The summed E-state index contributed by atoms with van der Waals surface area (Å²) in [6.45, 7) is 4.12. The summed E-state index contributed by atoms with van der Waals surface area (Å²) in [6.07, 6.45) is 0.822. The number of guanidine groups is 1. The van der Waals surface area contributed by atoms with Gasteiger partial charge < -0.3 is 25.2 Å². The van der Waals surface area contributed by atoms with Crippen LogP contribution in [-0.4, -0.2) is 89.8 Å². The lowest BCUT2D eigenvalue weighted by atomic mass is 10.1. The Bertz CT molecular complexity index is 581. The number of benzene rings is 1. The molecule has 0 radical (unpaired) electrons. The number of hydrogen-bond acceptors (Lipinski definition) is 4. The second-order valence-electron chi connectivity index (χ2n) is 6.37. The molecule has 0 saturated carbocycles. The SMILES string of the molecule is CN=C(NCCc1cccc(C(=O)N(C)C)c1)NCCN(C)CCOC.I. The third kappa shape index (κ3) is 10.5. The van der Waals surface area contributed by atoms with E-state index in [0.29, 0.717) is 5.56 Å². The Balaban J connectivity index is 0.00000676. The Morgan fingerprint density at radius 1 is 1.15 bits per heavy atom. The number of rotatable bonds is 10. The standard InChI is InChI=1S/C19H33N5O2.HI/c1-20-19(22-11-12-24(4)13-14-26-5)21-10-9-16-7-6-8-17(15-16)18(25)23(2)3;/h6-8,15H,9-14H2,1-5H3,(H2,20,21,22);1H. The molecule has 0 bridgehead atoms. The van der Waals surface area contributed by atoms with Gasteiger partial charge in [0.2, 0.25) is 0 Å². The molecule has 0 heterocycles. The first-order valence-corrected chi connectivity index (χ1v) is 8.90. The zero-order valence-corrected chi connectivity index (χ0v) is 19.4. The molecule has 154 valence electrons. The molecule has 27 heavy (non-hydrogen) atoms. The zero-order valence-electron chi connectivity index (χ0n) is 17.1. The molecule has 0 spiro atoms. The summed E-state index contributed by atoms with van der Waals surface area (Å²) in [5.74, 6) is 0.806. The average Bonchev–Trinajstić information content (AvgIpc) is 2.64. The molecule has 8 heteroatoms. The molecule has 0 aromatic heterocycles. The van der Waals surface area contributed by atoms with Gasteiger partial charge in [-0.1, -0.05) is 12.1 Å². The van der Waals surface area contributed by atoms with Crippen LogP contribution in [0.3, 0.4) is 0 Å². The Labute approximate surface area is 180 Å². The first-order chi connectivity index (χ1) is 12.5. The molecule has 0 saturated heterocycles. The molecule has 0 unspecified atom stereocenters. The minimum absolute atomic E-state index is 0. The minimum atomic E-state index is 0. The highest BCUT2D eigenvalue weighted by Crippen LogP contribution is 2.07. The van der Waals surface area contributed by atoms with Crippen molar-refractivity contribution in [2.24, 2.45) is 4.99 Å². The number of carbonyl (C=O) groups is 1. The topological polar surface area (TPSA) is 69.2 Å². The largest absolute Gasteiger partial charge is 0.383 e. The van der Waals surface area contributed by atoms with Crippen molar-refractivity contribution in [3.63, 3.8) is 0 Å². The second kappa shape index (κ2) is 14.6. The number of nitrogens with zero attached hydrogens (tertiary/aromatic N) is 3. The molecule has 1 aromatic rings. The fourth-order valence-corrected chi connectivity index (χ4v) is 2.39. The molecule has 0 aliphatic carbocycles. The normalized spacial score (nSPS) is 11.1. The lowest BCUT2D eigenvalue weighted by Gasteiger charge is -2.18. The van der Waals surface area contributed by atoms with Gasteiger partial charge in [-0.2, -0.15) is 0 Å². The van der Waals surface area contributed by atoms with Crippen LogP contribution < -0.4 is 10.6 Å². The summed E-state index contributed by atoms with van der Waals surface area (Å²) < 4.78 is 5.07. The van der Waals surface area contributed by atoms with Gasteiger partial charge in [-0.25, -0.2) is 0 Å². The van der Waals surface area contributed by atoms with Crippen molar-refractivity contribution in [1.29, 1.82) is 0 Å². The summed E-state index contributed by atoms with van der Waals surface area (Å²) in [4.78, 5) is 20.1. The van der Waals surface area contributed by atoms with Crippen LogP contribution in [0.1, 0.15) is 15.9 Å². The Hall–Kier alpha value is -1.39. The van der Waals surface area contributed by atoms with Crippen LogP contribution in [0.25, 0.3) is 0 Å². The van der Waals surface area contributed by atoms with Crippen molar-refractivity contribution in [2.75, 3.05) is 68.1 Å². The molecule has 0 atom stereocenters. The predicted octanol–water partition coefficient (Wildman–Crippen LogP) is 1.29. The van der Waals surface area contributed by atoms with Gasteiger partial charge in [-0.15, -0.1) is 24.0 Å². The van der Waals surface area contributed by atoms with Gasteiger partial charge in [0.1, 0.15) is 0 Å². The molecular weight excluding hydrogens is 457 g/mol. The smallest absolute Gasteiger partial charge is 0.253 e. The van der Waals surface area contributed by atoms with E-state index in [9.17, 15) is 4.79 Å². The quantitative estimate of drug-likeness (QED) is 0.294. The third-order valence-electron chi connectivity index (χ3n) is 3.97. The third-order valence-corrected chi connectivity index (χ3v) is 3.97. The summed E-state index contributed by atoms with van der Waals surface area (Å²) in [5.41, 5.74) is 1.84. The lowest BCUT2D eigenvalue weighted by molar-refractivity contribution is 0.0827. The molecule has 0 fully saturated rings. The lowest BCUT2D eigenvalue weighted by Crippen LogP contribution is -2.42. The van der Waals surface area contributed by atoms with Crippen LogP contribution in [0.2, 0.25) is 0 Å². The van der Waals surface area contributed by atoms with Gasteiger partial charge in [-0.3, -0.25) is 9.79 Å². The number of hydrogen-bond donors (Lipinski definition) is 2. The highest BCUT2D eigenvalue weighted by molar-refractivity contribution is 14.0. The van der Waals surface area contributed by atoms with Crippen molar-refractivity contribution >= 4 is 35.8 Å². The molecule has 7 nitrogen and oxygen atoms in total. The van der Waals surface area contributed by atoms with E-state index in [-0.39, 0.29) is 29.9 Å². The van der Waals surface area contributed by atoms with E-state index >= 15 is 0 Å². The van der Waals surface area contributed by atoms with E-state index in [1.54, 1.807) is 33.2 Å². The first-order valence-electron chi connectivity index (χ1n) is 8.90. The number of halogens is 1. The molecule has 2 N–H and O–H groups in total. The van der Waals surface area contributed by atoms with Gasteiger partial charge in [0.15, 0.2) is 5.96 Å². The number of likely N-dealkylation sites (N-methyl/N-ethyl adjacent to an activating group) is 1. The van der Waals surface area contributed by atoms with Gasteiger partial charge in [-0.05, 0) is 31.2 Å². The fourth-order valence-electron chi connectivity index (χ4n) is 2.39. The van der Waals surface area contributed by atoms with E-state index in [4.69, 9.17) is 4.74 Å². The molecule has 0 aliphatic heterocycles. The molecule has 1 aromatic carbocycles. The minimum Gasteiger partial charge on any atom is -0.383 e. The highest BCUT2D eigenvalue weighted by atomic mass is 127. The Morgan fingerprint density at radius 2 is 1.85 bits per heavy atom. The fraction of sp³-hybridized carbons (Fsp3) is 0.579. The van der Waals surface area contributed by atoms with Crippen LogP contribution in [0, 0.1) is 0 Å². The Kier molecular flexibility index (Phi) is 13.9.